The van der Waals surface area contributed by atoms with E-state index in [4.69, 9.17) is 9.47 Å². The molecule has 1 aliphatic heterocycles. The molecule has 1 heterocycles. The van der Waals surface area contributed by atoms with E-state index in [1.54, 1.807) is 14.2 Å². The smallest absolute Gasteiger partial charge is 0.166 e. The molecule has 4 nitrogen and oxygen atoms in total. The van der Waals surface area contributed by atoms with Gasteiger partial charge in [0, 0.05) is 29.5 Å². The minimum Gasteiger partial charge on any atom is -0.504 e. The van der Waals surface area contributed by atoms with E-state index in [0.29, 0.717) is 11.8 Å². The molecule has 2 N–H and O–H groups in total. The summed E-state index contributed by atoms with van der Waals surface area (Å²) < 4.78 is 11.0. The Hall–Kier alpha value is -2.20. The molecule has 2 unspecified atom stereocenters. The van der Waals surface area contributed by atoms with Gasteiger partial charge in [-0.25, -0.2) is 0 Å². The van der Waals surface area contributed by atoms with E-state index < -0.39 is 0 Å². The molecular weight excluding hydrogens is 290 g/mol. The second-order valence-electron chi connectivity index (χ2n) is 6.47. The van der Waals surface area contributed by atoms with E-state index >= 15 is 0 Å². The van der Waals surface area contributed by atoms with E-state index in [0.717, 1.165) is 36.3 Å². The molecule has 2 aromatic carbocycles. The molecule has 0 aromatic heterocycles. The first-order valence-electron chi connectivity index (χ1n) is 8.07. The number of quaternary nitrogens is 1. The molecule has 2 aromatic rings. The van der Waals surface area contributed by atoms with Crippen molar-refractivity contribution in [2.24, 2.45) is 0 Å². The van der Waals surface area contributed by atoms with E-state index in [-0.39, 0.29) is 5.75 Å². The Morgan fingerprint density at radius 2 is 1.87 bits per heavy atom. The van der Waals surface area contributed by atoms with Crippen LogP contribution in [0, 0.1) is 0 Å². The van der Waals surface area contributed by atoms with Crippen molar-refractivity contribution in [1.29, 1.82) is 0 Å². The van der Waals surface area contributed by atoms with Gasteiger partial charge in [-0.2, -0.15) is 0 Å². The predicted molar refractivity (Wildman–Crippen MR) is 88.5 cm³/mol. The lowest BCUT2D eigenvalue weighted by molar-refractivity contribution is -0.914. The number of phenols is 1. The Kier molecular flexibility index (Phi) is 3.23. The molecule has 0 saturated carbocycles. The predicted octanol–water partition coefficient (Wildman–Crippen LogP) is 1.74. The first kappa shape index (κ1) is 14.4. The lowest BCUT2D eigenvalue weighted by Gasteiger charge is -2.38. The van der Waals surface area contributed by atoms with Crippen molar-refractivity contribution in [1.82, 2.24) is 0 Å². The minimum absolute atomic E-state index is 0.233. The number of benzene rings is 2. The van der Waals surface area contributed by atoms with Crippen molar-refractivity contribution in [3.63, 3.8) is 0 Å². The Labute approximate surface area is 136 Å². The van der Waals surface area contributed by atoms with Crippen LogP contribution in [0.3, 0.4) is 0 Å². The highest BCUT2D eigenvalue weighted by molar-refractivity contribution is 5.86. The lowest BCUT2D eigenvalue weighted by Crippen LogP contribution is -3.10. The van der Waals surface area contributed by atoms with Crippen LogP contribution in [-0.2, 0) is 12.8 Å². The first-order valence-corrected chi connectivity index (χ1v) is 8.07. The number of aromatic hydroxyl groups is 1. The fraction of sp³-hybridized carbons (Fsp3) is 0.368. The van der Waals surface area contributed by atoms with Crippen molar-refractivity contribution < 1.29 is 19.5 Å². The highest BCUT2D eigenvalue weighted by Gasteiger charge is 2.39. The standard InChI is InChI=1S/C19H21NO3/c1-20-8-7-12-10-15(23-3)19(21)18-16(12)13(20)9-11-5-4-6-14(22-2)17(11)18/h4-6,10,13,21H,7-9H2,1-3H3/p+1. The quantitative estimate of drug-likeness (QED) is 0.888. The van der Waals surface area contributed by atoms with Gasteiger partial charge >= 0.3 is 0 Å². The Balaban J connectivity index is 2.10. The molecule has 0 fully saturated rings. The zero-order chi connectivity index (χ0) is 16.1. The third-order valence-electron chi connectivity index (χ3n) is 5.35. The monoisotopic (exact) mass is 312 g/mol. The van der Waals surface area contributed by atoms with Gasteiger partial charge in [-0.1, -0.05) is 12.1 Å². The van der Waals surface area contributed by atoms with Crippen LogP contribution in [0.2, 0.25) is 0 Å². The number of phenolic OH excluding ortho intramolecular Hbond substituents is 1. The second-order valence-corrected chi connectivity index (χ2v) is 6.47. The van der Waals surface area contributed by atoms with Gasteiger partial charge in [-0.15, -0.1) is 0 Å². The molecule has 23 heavy (non-hydrogen) atoms. The van der Waals surface area contributed by atoms with Crippen molar-refractivity contribution in [2.45, 2.75) is 18.9 Å². The normalized spacial score (nSPS) is 21.3. The zero-order valence-corrected chi connectivity index (χ0v) is 13.8. The van der Waals surface area contributed by atoms with E-state index in [9.17, 15) is 5.11 Å². The van der Waals surface area contributed by atoms with Crippen LogP contribution in [0.15, 0.2) is 24.3 Å². The molecule has 0 spiro atoms. The Morgan fingerprint density at radius 1 is 1.09 bits per heavy atom. The Morgan fingerprint density at radius 3 is 2.61 bits per heavy atom. The summed E-state index contributed by atoms with van der Waals surface area (Å²) in [4.78, 5) is 1.50. The van der Waals surface area contributed by atoms with Crippen LogP contribution >= 0.6 is 0 Å². The summed E-state index contributed by atoms with van der Waals surface area (Å²) in [6.45, 7) is 1.10. The minimum atomic E-state index is 0.233. The number of fused-ring (bicyclic) bond motifs is 2. The molecule has 0 amide bonds. The van der Waals surface area contributed by atoms with E-state index in [1.165, 1.54) is 21.6 Å². The highest BCUT2D eigenvalue weighted by Crippen LogP contribution is 2.51. The lowest BCUT2D eigenvalue weighted by atomic mass is 9.76. The first-order chi connectivity index (χ1) is 11.2. The number of nitrogens with one attached hydrogen (secondary N) is 1. The van der Waals surface area contributed by atoms with Crippen molar-refractivity contribution in [3.05, 3.63) is 41.0 Å². The highest BCUT2D eigenvalue weighted by atomic mass is 16.5. The van der Waals surface area contributed by atoms with Crippen molar-refractivity contribution >= 4 is 0 Å². The SMILES string of the molecule is COc1cc2c3c(c1O)-c1c(cccc1OC)CC3[NH+](C)CC2. The number of rotatable bonds is 2. The topological polar surface area (TPSA) is 43.1 Å². The molecule has 4 rings (SSSR count). The van der Waals surface area contributed by atoms with Crippen LogP contribution in [0.1, 0.15) is 22.7 Å². The van der Waals surface area contributed by atoms with Gasteiger partial charge in [-0.3, -0.25) is 0 Å². The molecule has 0 radical (unpaired) electrons. The molecule has 120 valence electrons. The van der Waals surface area contributed by atoms with Gasteiger partial charge in [0.05, 0.1) is 27.8 Å². The van der Waals surface area contributed by atoms with Gasteiger partial charge in [0.15, 0.2) is 11.5 Å². The average molecular weight is 312 g/mol. The molecule has 4 heteroatoms. The molecular formula is C19H22NO3+. The number of ether oxygens (including phenoxy) is 2. The van der Waals surface area contributed by atoms with Crippen molar-refractivity contribution in [3.8, 4) is 28.4 Å². The summed E-state index contributed by atoms with van der Waals surface area (Å²) in [6, 6.07) is 8.52. The average Bonchev–Trinajstić information content (AvgIpc) is 2.58. The second kappa shape index (κ2) is 5.17. The maximum atomic E-state index is 10.9. The largest absolute Gasteiger partial charge is 0.504 e. The number of methoxy groups -OCH3 is 2. The summed E-state index contributed by atoms with van der Waals surface area (Å²) in [6.07, 6.45) is 1.98. The third kappa shape index (κ3) is 1.94. The molecule has 1 aliphatic carbocycles. The van der Waals surface area contributed by atoms with Crippen LogP contribution in [0.25, 0.3) is 11.1 Å². The van der Waals surface area contributed by atoms with Gasteiger partial charge in [0.25, 0.3) is 0 Å². The van der Waals surface area contributed by atoms with Crippen LogP contribution < -0.4 is 14.4 Å². The Bertz CT molecular complexity index is 785. The van der Waals surface area contributed by atoms with Crippen LogP contribution in [0.5, 0.6) is 17.2 Å². The molecule has 2 aliphatic rings. The fourth-order valence-corrected chi connectivity index (χ4v) is 4.18. The van der Waals surface area contributed by atoms with Gasteiger partial charge in [0.2, 0.25) is 0 Å². The van der Waals surface area contributed by atoms with Gasteiger partial charge < -0.3 is 19.5 Å². The summed E-state index contributed by atoms with van der Waals surface area (Å²) in [5.41, 5.74) is 5.72. The van der Waals surface area contributed by atoms with Gasteiger partial charge in [0.1, 0.15) is 11.8 Å². The maximum absolute atomic E-state index is 10.9. The van der Waals surface area contributed by atoms with Crippen LogP contribution in [0.4, 0.5) is 0 Å². The number of likely N-dealkylation sites (N-methyl/N-ethyl adjacent to an activating group) is 1. The maximum Gasteiger partial charge on any atom is 0.166 e. The molecule has 2 atom stereocenters. The summed E-state index contributed by atoms with van der Waals surface area (Å²) in [5.74, 6) is 1.60. The van der Waals surface area contributed by atoms with Crippen LogP contribution in [-0.4, -0.2) is 32.9 Å². The van der Waals surface area contributed by atoms with E-state index in [2.05, 4.69) is 13.1 Å². The summed E-state index contributed by atoms with van der Waals surface area (Å²) >= 11 is 0. The summed E-state index contributed by atoms with van der Waals surface area (Å²) in [5, 5.41) is 10.9. The third-order valence-corrected chi connectivity index (χ3v) is 5.35. The summed E-state index contributed by atoms with van der Waals surface area (Å²) in [7, 11) is 5.53. The van der Waals surface area contributed by atoms with Crippen molar-refractivity contribution in [2.75, 3.05) is 27.8 Å². The molecule has 0 bridgehead atoms. The molecule has 0 saturated heterocycles. The van der Waals surface area contributed by atoms with Gasteiger partial charge in [-0.05, 0) is 23.3 Å². The number of hydrogen-bond acceptors (Lipinski definition) is 3. The zero-order valence-electron chi connectivity index (χ0n) is 13.8. The fourth-order valence-electron chi connectivity index (χ4n) is 4.18. The number of hydrogen-bond donors (Lipinski definition) is 2. The van der Waals surface area contributed by atoms with E-state index in [1.807, 2.05) is 18.2 Å².